The minimum atomic E-state index is 0.102. The number of hydrogen-bond acceptors (Lipinski definition) is 1. The van der Waals surface area contributed by atoms with Crippen molar-refractivity contribution in [3.05, 3.63) is 65.7 Å². The Labute approximate surface area is 113 Å². The Bertz CT molecular complexity index is 566. The van der Waals surface area contributed by atoms with Gasteiger partial charge in [-0.25, -0.2) is 0 Å². The summed E-state index contributed by atoms with van der Waals surface area (Å²) in [6.07, 6.45) is 0. The van der Waals surface area contributed by atoms with E-state index >= 15 is 0 Å². The molecule has 1 heteroatoms. The van der Waals surface area contributed by atoms with E-state index in [4.69, 9.17) is 0 Å². The Morgan fingerprint density at radius 3 is 2.06 bits per heavy atom. The molecule has 0 aromatic heterocycles. The summed E-state index contributed by atoms with van der Waals surface area (Å²) in [5.74, 6) is 0. The lowest BCUT2D eigenvalue weighted by Crippen LogP contribution is -2.43. The van der Waals surface area contributed by atoms with Crippen LogP contribution >= 0.6 is 11.8 Å². The molecule has 0 aliphatic carbocycles. The van der Waals surface area contributed by atoms with Gasteiger partial charge in [0.05, 0.1) is 4.75 Å². The van der Waals surface area contributed by atoms with Gasteiger partial charge in [-0.2, -0.15) is 0 Å². The highest BCUT2D eigenvalue weighted by Gasteiger charge is 2.53. The number of thioether (sulfide) groups is 1. The molecule has 1 heterocycles. The number of rotatable bonds is 1. The molecule has 3 rings (SSSR count). The molecule has 0 saturated carbocycles. The third-order valence-electron chi connectivity index (χ3n) is 3.77. The first-order valence-corrected chi connectivity index (χ1v) is 7.21. The van der Waals surface area contributed by atoms with Crippen molar-refractivity contribution >= 4 is 11.8 Å². The molecule has 2 aromatic rings. The molecule has 1 aliphatic rings. The molecule has 0 amide bonds. The van der Waals surface area contributed by atoms with Gasteiger partial charge in [-0.3, -0.25) is 0 Å². The fourth-order valence-corrected chi connectivity index (χ4v) is 4.40. The zero-order chi connectivity index (χ0) is 12.8. The normalized spacial score (nSPS) is 22.2. The van der Waals surface area contributed by atoms with E-state index in [2.05, 4.69) is 75.4 Å². The van der Waals surface area contributed by atoms with Crippen LogP contribution in [0.2, 0.25) is 0 Å². The van der Waals surface area contributed by atoms with Crippen molar-refractivity contribution < 1.29 is 0 Å². The first-order chi connectivity index (χ1) is 8.56. The second-order valence-corrected chi connectivity index (χ2v) is 7.15. The third kappa shape index (κ3) is 1.47. The molecule has 2 aromatic carbocycles. The van der Waals surface area contributed by atoms with Gasteiger partial charge in [0, 0.05) is 4.90 Å². The molecule has 0 radical (unpaired) electrons. The lowest BCUT2D eigenvalue weighted by molar-refractivity contribution is 0.312. The molecule has 0 saturated heterocycles. The summed E-state index contributed by atoms with van der Waals surface area (Å²) in [6, 6.07) is 19.7. The Morgan fingerprint density at radius 2 is 1.44 bits per heavy atom. The highest BCUT2D eigenvalue weighted by Crippen LogP contribution is 2.66. The molecule has 0 bridgehead atoms. The van der Waals surface area contributed by atoms with Crippen molar-refractivity contribution in [2.45, 2.75) is 30.4 Å². The molecule has 1 aliphatic heterocycles. The highest BCUT2D eigenvalue weighted by atomic mass is 32.2. The Balaban J connectivity index is 2.22. The van der Waals surface area contributed by atoms with Gasteiger partial charge in [-0.1, -0.05) is 69.3 Å². The number of benzene rings is 2. The predicted octanol–water partition coefficient (Wildman–Crippen LogP) is 5.08. The average Bonchev–Trinajstić information content (AvgIpc) is 2.31. The van der Waals surface area contributed by atoms with Crippen molar-refractivity contribution in [1.82, 2.24) is 0 Å². The zero-order valence-electron chi connectivity index (χ0n) is 11.1. The summed E-state index contributed by atoms with van der Waals surface area (Å²) < 4.78 is 0.102. The van der Waals surface area contributed by atoms with Crippen LogP contribution in [0.4, 0.5) is 0 Å². The van der Waals surface area contributed by atoms with Gasteiger partial charge in [0.2, 0.25) is 0 Å². The van der Waals surface area contributed by atoms with Gasteiger partial charge in [0.15, 0.2) is 0 Å². The Hall–Kier alpha value is -1.21. The second-order valence-electron chi connectivity index (χ2n) is 5.90. The minimum Gasteiger partial charge on any atom is -0.109 e. The number of hydrogen-bond donors (Lipinski definition) is 0. The summed E-state index contributed by atoms with van der Waals surface area (Å²) in [6.45, 7) is 7.01. The average molecular weight is 254 g/mol. The van der Waals surface area contributed by atoms with Crippen LogP contribution in [0.25, 0.3) is 0 Å². The quantitative estimate of drug-likeness (QED) is 0.683. The van der Waals surface area contributed by atoms with Crippen LogP contribution < -0.4 is 0 Å². The first-order valence-electron chi connectivity index (χ1n) is 6.40. The van der Waals surface area contributed by atoms with E-state index in [1.807, 2.05) is 11.8 Å². The molecule has 0 fully saturated rings. The lowest BCUT2D eigenvalue weighted by atomic mass is 9.71. The summed E-state index contributed by atoms with van der Waals surface area (Å²) in [4.78, 5) is 1.43. The van der Waals surface area contributed by atoms with E-state index in [-0.39, 0.29) is 10.2 Å². The van der Waals surface area contributed by atoms with Crippen LogP contribution in [0.1, 0.15) is 31.9 Å². The summed E-state index contributed by atoms with van der Waals surface area (Å²) in [5.41, 5.74) is 3.10. The van der Waals surface area contributed by atoms with Crippen LogP contribution in [0, 0.1) is 5.41 Å². The maximum absolute atomic E-state index is 2.34. The van der Waals surface area contributed by atoms with E-state index in [9.17, 15) is 0 Å². The smallest absolute Gasteiger partial charge is 0.0763 e. The number of fused-ring (bicyclic) bond motifs is 1. The SMILES string of the molecule is CC(C)(C)C1(c2ccccc2)Sc2ccccc21. The van der Waals surface area contributed by atoms with Gasteiger partial charge < -0.3 is 0 Å². The van der Waals surface area contributed by atoms with E-state index in [0.717, 1.165) is 0 Å². The Morgan fingerprint density at radius 1 is 0.833 bits per heavy atom. The van der Waals surface area contributed by atoms with Crippen molar-refractivity contribution in [2.24, 2.45) is 5.41 Å². The molecule has 1 atom stereocenters. The molecule has 1 unspecified atom stereocenters. The van der Waals surface area contributed by atoms with Crippen molar-refractivity contribution in [3.63, 3.8) is 0 Å². The van der Waals surface area contributed by atoms with Gasteiger partial charge in [-0.15, -0.1) is 11.8 Å². The van der Waals surface area contributed by atoms with Gasteiger partial charge in [0.25, 0.3) is 0 Å². The monoisotopic (exact) mass is 254 g/mol. The van der Waals surface area contributed by atoms with Crippen LogP contribution in [-0.4, -0.2) is 0 Å². The van der Waals surface area contributed by atoms with Crippen LogP contribution in [0.5, 0.6) is 0 Å². The Kier molecular flexibility index (Phi) is 2.56. The molecule has 18 heavy (non-hydrogen) atoms. The van der Waals surface area contributed by atoms with Crippen LogP contribution in [-0.2, 0) is 4.75 Å². The fraction of sp³-hybridized carbons (Fsp3) is 0.294. The van der Waals surface area contributed by atoms with Gasteiger partial charge in [0.1, 0.15) is 0 Å². The van der Waals surface area contributed by atoms with Crippen molar-refractivity contribution in [2.75, 3.05) is 0 Å². The molecular weight excluding hydrogens is 236 g/mol. The van der Waals surface area contributed by atoms with E-state index in [0.29, 0.717) is 0 Å². The fourth-order valence-electron chi connectivity index (χ4n) is 2.90. The second kappa shape index (κ2) is 3.89. The molecule has 0 nitrogen and oxygen atoms in total. The van der Waals surface area contributed by atoms with Crippen LogP contribution in [0.3, 0.4) is 0 Å². The van der Waals surface area contributed by atoms with Crippen molar-refractivity contribution in [3.8, 4) is 0 Å². The van der Waals surface area contributed by atoms with E-state index in [1.165, 1.54) is 16.0 Å². The topological polar surface area (TPSA) is 0 Å². The molecular formula is C17H18S. The summed E-state index contributed by atoms with van der Waals surface area (Å²) in [5, 5.41) is 0. The lowest BCUT2D eigenvalue weighted by Gasteiger charge is -2.52. The first kappa shape index (κ1) is 11.9. The van der Waals surface area contributed by atoms with Gasteiger partial charge in [-0.05, 0) is 22.6 Å². The molecule has 0 spiro atoms. The molecule has 92 valence electrons. The largest absolute Gasteiger partial charge is 0.109 e. The predicted molar refractivity (Wildman–Crippen MR) is 79.0 cm³/mol. The molecule has 0 N–H and O–H groups in total. The standard InChI is InChI=1S/C17H18S/c1-16(2,3)17(13-9-5-4-6-10-13)14-11-7-8-12-15(14)18-17/h4-12H,1-3H3. The summed E-state index contributed by atoms with van der Waals surface area (Å²) >= 11 is 2.01. The highest BCUT2D eigenvalue weighted by molar-refractivity contribution is 8.02. The van der Waals surface area contributed by atoms with E-state index in [1.54, 1.807) is 0 Å². The summed E-state index contributed by atoms with van der Waals surface area (Å²) in [7, 11) is 0. The van der Waals surface area contributed by atoms with Gasteiger partial charge >= 0.3 is 0 Å². The third-order valence-corrected chi connectivity index (χ3v) is 5.72. The zero-order valence-corrected chi connectivity index (χ0v) is 11.9. The van der Waals surface area contributed by atoms with Crippen LogP contribution in [0.15, 0.2) is 59.5 Å². The minimum absolute atomic E-state index is 0.102. The maximum atomic E-state index is 2.34. The maximum Gasteiger partial charge on any atom is 0.0763 e. The van der Waals surface area contributed by atoms with E-state index < -0.39 is 0 Å². The van der Waals surface area contributed by atoms with Crippen molar-refractivity contribution in [1.29, 1.82) is 0 Å².